The van der Waals surface area contributed by atoms with Crippen molar-refractivity contribution in [3.05, 3.63) is 56.8 Å². The average Bonchev–Trinajstić information content (AvgIpc) is 2.88. The summed E-state index contributed by atoms with van der Waals surface area (Å²) in [6.07, 6.45) is 0.263. The molecule has 0 N–H and O–H groups in total. The van der Waals surface area contributed by atoms with E-state index in [1.54, 1.807) is 7.11 Å². The molecule has 0 saturated heterocycles. The number of benzene rings is 2. The third-order valence-corrected chi connectivity index (χ3v) is 5.69. The maximum absolute atomic E-state index is 12.4. The molecule has 6 heteroatoms. The van der Waals surface area contributed by atoms with Crippen LogP contribution in [-0.2, 0) is 18.3 Å². The van der Waals surface area contributed by atoms with Crippen LogP contribution in [0.15, 0.2) is 35.3 Å². The zero-order valence-electron chi connectivity index (χ0n) is 14.6. The van der Waals surface area contributed by atoms with E-state index in [0.29, 0.717) is 9.82 Å². The number of hydrogen-bond donors (Lipinski definition) is 0. The summed E-state index contributed by atoms with van der Waals surface area (Å²) in [5, 5.41) is 0.715. The molecule has 0 bridgehead atoms. The molecule has 0 aliphatic rings. The van der Waals surface area contributed by atoms with Crippen molar-refractivity contribution in [2.45, 2.75) is 20.3 Å². The van der Waals surface area contributed by atoms with Crippen LogP contribution >= 0.6 is 22.9 Å². The second kappa shape index (κ2) is 7.02. The summed E-state index contributed by atoms with van der Waals surface area (Å²) < 4.78 is 8.24. The van der Waals surface area contributed by atoms with Gasteiger partial charge in [-0.15, -0.1) is 0 Å². The van der Waals surface area contributed by atoms with E-state index in [1.165, 1.54) is 11.3 Å². The zero-order valence-corrected chi connectivity index (χ0v) is 16.2. The molecular formula is C19H19ClN2O2S. The summed E-state index contributed by atoms with van der Waals surface area (Å²) in [7, 11) is 3.55. The van der Waals surface area contributed by atoms with Gasteiger partial charge in [0, 0.05) is 12.1 Å². The van der Waals surface area contributed by atoms with Crippen LogP contribution in [0.1, 0.15) is 16.7 Å². The molecule has 130 valence electrons. The average molecular weight is 375 g/mol. The molecule has 0 unspecified atom stereocenters. The molecule has 0 atom stereocenters. The first kappa shape index (κ1) is 17.7. The van der Waals surface area contributed by atoms with E-state index in [9.17, 15) is 4.79 Å². The maximum Gasteiger partial charge on any atom is 0.252 e. The second-order valence-electron chi connectivity index (χ2n) is 5.95. The molecule has 0 aliphatic heterocycles. The summed E-state index contributed by atoms with van der Waals surface area (Å²) in [5.74, 6) is 0.645. The van der Waals surface area contributed by atoms with Gasteiger partial charge in [-0.25, -0.2) is 0 Å². The van der Waals surface area contributed by atoms with Crippen LogP contribution in [0.25, 0.3) is 10.2 Å². The van der Waals surface area contributed by atoms with E-state index in [0.717, 1.165) is 32.7 Å². The van der Waals surface area contributed by atoms with E-state index >= 15 is 0 Å². The first-order valence-corrected chi connectivity index (χ1v) is 9.06. The van der Waals surface area contributed by atoms with E-state index in [2.05, 4.69) is 4.99 Å². The third-order valence-electron chi connectivity index (χ3n) is 4.19. The number of rotatable bonds is 3. The molecule has 1 amide bonds. The van der Waals surface area contributed by atoms with Gasteiger partial charge in [-0.3, -0.25) is 4.79 Å². The van der Waals surface area contributed by atoms with Gasteiger partial charge in [-0.1, -0.05) is 35.1 Å². The van der Waals surface area contributed by atoms with Crippen molar-refractivity contribution in [3.63, 3.8) is 0 Å². The zero-order chi connectivity index (χ0) is 18.1. The highest BCUT2D eigenvalue weighted by Gasteiger charge is 2.10. The van der Waals surface area contributed by atoms with E-state index in [4.69, 9.17) is 16.3 Å². The quantitative estimate of drug-likeness (QED) is 0.690. The molecule has 25 heavy (non-hydrogen) atoms. The number of halogens is 1. The molecule has 0 radical (unpaired) electrons. The lowest BCUT2D eigenvalue weighted by atomic mass is 10.1. The Morgan fingerprint density at radius 2 is 2.04 bits per heavy atom. The molecule has 0 aliphatic carbocycles. The number of nitrogens with zero attached hydrogens (tertiary/aromatic N) is 2. The van der Waals surface area contributed by atoms with Crippen LogP contribution in [0.5, 0.6) is 5.75 Å². The first-order chi connectivity index (χ1) is 11.9. The number of amides is 1. The smallest absolute Gasteiger partial charge is 0.252 e. The Kier molecular flexibility index (Phi) is 4.97. The van der Waals surface area contributed by atoms with Crippen molar-refractivity contribution in [2.75, 3.05) is 7.11 Å². The van der Waals surface area contributed by atoms with E-state index < -0.39 is 0 Å². The van der Waals surface area contributed by atoms with Crippen LogP contribution in [0.3, 0.4) is 0 Å². The van der Waals surface area contributed by atoms with Crippen molar-refractivity contribution in [1.82, 2.24) is 4.57 Å². The van der Waals surface area contributed by atoms with Crippen LogP contribution in [-0.4, -0.2) is 17.6 Å². The fourth-order valence-electron chi connectivity index (χ4n) is 2.88. The maximum atomic E-state index is 12.4. The van der Waals surface area contributed by atoms with Crippen molar-refractivity contribution in [1.29, 1.82) is 0 Å². The number of ether oxygens (including phenoxy) is 1. The number of carbonyl (C=O) groups is 1. The summed E-state index contributed by atoms with van der Waals surface area (Å²) in [4.78, 5) is 17.4. The molecule has 4 nitrogen and oxygen atoms in total. The highest BCUT2D eigenvalue weighted by atomic mass is 35.5. The van der Waals surface area contributed by atoms with Crippen LogP contribution in [0, 0.1) is 13.8 Å². The number of aromatic nitrogens is 1. The van der Waals surface area contributed by atoms with E-state index in [-0.39, 0.29) is 12.3 Å². The van der Waals surface area contributed by atoms with Crippen LogP contribution in [0.2, 0.25) is 5.02 Å². The lowest BCUT2D eigenvalue weighted by Gasteiger charge is -2.06. The minimum Gasteiger partial charge on any atom is -0.496 e. The molecule has 1 aromatic heterocycles. The summed E-state index contributed by atoms with van der Waals surface area (Å²) in [6, 6.07) is 9.57. The molecule has 1 heterocycles. The summed E-state index contributed by atoms with van der Waals surface area (Å²) >= 11 is 7.70. The van der Waals surface area contributed by atoms with Crippen molar-refractivity contribution in [2.24, 2.45) is 12.0 Å². The van der Waals surface area contributed by atoms with Gasteiger partial charge in [0.05, 0.1) is 23.7 Å². The summed E-state index contributed by atoms with van der Waals surface area (Å²) in [5.41, 5.74) is 3.95. The number of carbonyl (C=O) groups excluding carboxylic acids is 1. The summed E-state index contributed by atoms with van der Waals surface area (Å²) in [6.45, 7) is 3.94. The van der Waals surface area contributed by atoms with Crippen molar-refractivity contribution >= 4 is 39.1 Å². The molecular weight excluding hydrogens is 356 g/mol. The van der Waals surface area contributed by atoms with Gasteiger partial charge in [0.25, 0.3) is 5.91 Å². The Balaban J connectivity index is 1.94. The fourth-order valence-corrected chi connectivity index (χ4v) is 4.13. The number of fused-ring (bicyclic) bond motifs is 1. The van der Waals surface area contributed by atoms with Gasteiger partial charge in [0.2, 0.25) is 0 Å². The Bertz CT molecular complexity index is 1030. The molecule has 2 aromatic carbocycles. The normalized spacial score (nSPS) is 12.0. The third kappa shape index (κ3) is 3.48. The molecule has 0 spiro atoms. The topological polar surface area (TPSA) is 43.6 Å². The SMILES string of the molecule is COc1ccc(CC(=O)N=c2sc3ccc(Cl)c(C)c3n2C)cc1C. The Labute approximate surface area is 155 Å². The van der Waals surface area contributed by atoms with Crippen molar-refractivity contribution < 1.29 is 9.53 Å². The highest BCUT2D eigenvalue weighted by molar-refractivity contribution is 7.16. The van der Waals surface area contributed by atoms with Gasteiger partial charge >= 0.3 is 0 Å². The minimum atomic E-state index is -0.171. The fraction of sp³-hybridized carbons (Fsp3) is 0.263. The number of thiazole rings is 1. The lowest BCUT2D eigenvalue weighted by Crippen LogP contribution is -2.14. The largest absolute Gasteiger partial charge is 0.496 e. The van der Waals surface area contributed by atoms with Gasteiger partial charge in [0.1, 0.15) is 5.75 Å². The van der Waals surface area contributed by atoms with E-state index in [1.807, 2.05) is 55.8 Å². The van der Waals surface area contributed by atoms with Gasteiger partial charge in [-0.2, -0.15) is 4.99 Å². The predicted molar refractivity (Wildman–Crippen MR) is 103 cm³/mol. The molecule has 0 fully saturated rings. The molecule has 3 aromatic rings. The second-order valence-corrected chi connectivity index (χ2v) is 7.37. The lowest BCUT2D eigenvalue weighted by molar-refractivity contribution is -0.117. The molecule has 3 rings (SSSR count). The standard InChI is InChI=1S/C19H19ClN2O2S/c1-11-9-13(5-7-15(11)24-4)10-17(23)21-19-22(3)18-12(2)14(20)6-8-16(18)25-19/h5-9H,10H2,1-4H3. The van der Waals surface area contributed by atoms with Gasteiger partial charge in [-0.05, 0) is 48.7 Å². The van der Waals surface area contributed by atoms with Crippen LogP contribution < -0.4 is 9.54 Å². The predicted octanol–water partition coefficient (Wildman–Crippen LogP) is 4.19. The molecule has 0 saturated carbocycles. The monoisotopic (exact) mass is 374 g/mol. The number of aryl methyl sites for hydroxylation is 3. The van der Waals surface area contributed by atoms with Gasteiger partial charge < -0.3 is 9.30 Å². The number of hydrogen-bond acceptors (Lipinski definition) is 3. The Hall–Kier alpha value is -2.11. The first-order valence-electron chi connectivity index (χ1n) is 7.86. The van der Waals surface area contributed by atoms with Crippen molar-refractivity contribution in [3.8, 4) is 5.75 Å². The highest BCUT2D eigenvalue weighted by Crippen LogP contribution is 2.26. The minimum absolute atomic E-state index is 0.171. The Morgan fingerprint density at radius 3 is 2.72 bits per heavy atom. The number of methoxy groups -OCH3 is 1. The van der Waals surface area contributed by atoms with Gasteiger partial charge in [0.15, 0.2) is 4.80 Å². The Morgan fingerprint density at radius 1 is 1.28 bits per heavy atom. The van der Waals surface area contributed by atoms with Crippen LogP contribution in [0.4, 0.5) is 0 Å².